The van der Waals surface area contributed by atoms with E-state index in [2.05, 4.69) is 115 Å². The molecule has 0 N–H and O–H groups in total. The second kappa shape index (κ2) is 13.5. The fraction of sp³-hybridized carbons (Fsp3) is 0.0816. The van der Waals surface area contributed by atoms with E-state index in [0.29, 0.717) is 17.5 Å². The molecule has 0 spiro atoms. The number of hydrogen-bond donors (Lipinski definition) is 0. The summed E-state index contributed by atoms with van der Waals surface area (Å²) in [7, 11) is 0. The molecule has 5 heteroatoms. The predicted molar refractivity (Wildman–Crippen MR) is 227 cm³/mol. The summed E-state index contributed by atoms with van der Waals surface area (Å²) in [5, 5.41) is 5.29. The van der Waals surface area contributed by atoms with Gasteiger partial charge in [0, 0.05) is 53.3 Å². The van der Waals surface area contributed by atoms with E-state index in [1.54, 1.807) is 0 Å². The lowest BCUT2D eigenvalue weighted by molar-refractivity contribution is 0.796. The summed E-state index contributed by atoms with van der Waals surface area (Å²) in [5.41, 5.74) is 10.1. The molecular formula is C49H36N4S. The van der Waals surface area contributed by atoms with E-state index in [1.165, 1.54) is 60.4 Å². The van der Waals surface area contributed by atoms with Gasteiger partial charge in [0.1, 0.15) is 0 Å². The van der Waals surface area contributed by atoms with E-state index >= 15 is 0 Å². The molecule has 4 nitrogen and oxygen atoms in total. The number of rotatable bonds is 8. The van der Waals surface area contributed by atoms with E-state index in [9.17, 15) is 0 Å². The van der Waals surface area contributed by atoms with Gasteiger partial charge in [-0.1, -0.05) is 129 Å². The third-order valence-electron chi connectivity index (χ3n) is 10.4. The minimum atomic E-state index is 0.649. The molecule has 54 heavy (non-hydrogen) atoms. The van der Waals surface area contributed by atoms with Crippen molar-refractivity contribution in [2.24, 2.45) is 0 Å². The lowest BCUT2D eigenvalue weighted by Gasteiger charge is -2.11. The normalized spacial score (nSPS) is 11.6. The molecule has 0 saturated carbocycles. The van der Waals surface area contributed by atoms with Gasteiger partial charge >= 0.3 is 0 Å². The Morgan fingerprint density at radius 2 is 1.07 bits per heavy atom. The van der Waals surface area contributed by atoms with Crippen LogP contribution in [-0.2, 0) is 6.42 Å². The first kappa shape index (κ1) is 32.2. The maximum absolute atomic E-state index is 4.97. The molecule has 0 aliphatic heterocycles. The summed E-state index contributed by atoms with van der Waals surface area (Å²) in [6, 6.07) is 58.3. The van der Waals surface area contributed by atoms with Gasteiger partial charge in [0.15, 0.2) is 17.5 Å². The van der Waals surface area contributed by atoms with E-state index < -0.39 is 0 Å². The van der Waals surface area contributed by atoms with Crippen molar-refractivity contribution in [3.63, 3.8) is 0 Å². The van der Waals surface area contributed by atoms with Crippen LogP contribution in [0.4, 0.5) is 0 Å². The van der Waals surface area contributed by atoms with E-state index in [-0.39, 0.29) is 0 Å². The van der Waals surface area contributed by atoms with Gasteiger partial charge in [-0.2, -0.15) is 0 Å². The Hall–Kier alpha value is -6.43. The zero-order valence-electron chi connectivity index (χ0n) is 29.9. The van der Waals surface area contributed by atoms with Crippen molar-refractivity contribution >= 4 is 53.3 Å². The van der Waals surface area contributed by atoms with E-state index in [0.717, 1.165) is 39.9 Å². The third-order valence-corrected chi connectivity index (χ3v) is 11.6. The minimum absolute atomic E-state index is 0.649. The quantitative estimate of drug-likeness (QED) is 0.158. The van der Waals surface area contributed by atoms with Crippen molar-refractivity contribution in [1.82, 2.24) is 19.5 Å². The molecule has 0 unspecified atom stereocenters. The molecule has 10 aromatic rings. The first-order valence-electron chi connectivity index (χ1n) is 18.7. The van der Waals surface area contributed by atoms with Crippen molar-refractivity contribution in [2.75, 3.05) is 0 Å². The third kappa shape index (κ3) is 5.74. The Bertz CT molecular complexity index is 2900. The molecule has 0 bridgehead atoms. The molecule has 0 atom stereocenters. The molecule has 0 fully saturated rings. The summed E-state index contributed by atoms with van der Waals surface area (Å²) in [6.07, 6.45) is 3.57. The van der Waals surface area contributed by atoms with Crippen molar-refractivity contribution < 1.29 is 0 Å². The molecule has 7 aromatic carbocycles. The van der Waals surface area contributed by atoms with Crippen molar-refractivity contribution in [1.29, 1.82) is 0 Å². The number of benzene rings is 7. The number of thiophene rings is 1. The van der Waals surface area contributed by atoms with Crippen molar-refractivity contribution in [2.45, 2.75) is 26.2 Å². The molecule has 0 aliphatic carbocycles. The zero-order chi connectivity index (χ0) is 36.0. The minimum Gasteiger partial charge on any atom is -0.309 e. The molecule has 10 rings (SSSR count). The highest BCUT2D eigenvalue weighted by molar-refractivity contribution is 7.25. The lowest BCUT2D eigenvalue weighted by Crippen LogP contribution is -2.00. The number of hydrogen-bond acceptors (Lipinski definition) is 4. The van der Waals surface area contributed by atoms with Crippen LogP contribution < -0.4 is 0 Å². The fourth-order valence-electron chi connectivity index (χ4n) is 7.68. The summed E-state index contributed by atoms with van der Waals surface area (Å²) >= 11 is 1.89. The van der Waals surface area contributed by atoms with Crippen molar-refractivity contribution in [3.8, 4) is 51.0 Å². The Labute approximate surface area is 318 Å². The summed E-state index contributed by atoms with van der Waals surface area (Å²) in [5.74, 6) is 1.96. The highest BCUT2D eigenvalue weighted by Gasteiger charge is 2.17. The Balaban J connectivity index is 1.04. The smallest absolute Gasteiger partial charge is 0.164 e. The van der Waals surface area contributed by atoms with Gasteiger partial charge in [0.25, 0.3) is 0 Å². The second-order valence-corrected chi connectivity index (χ2v) is 15.0. The van der Waals surface area contributed by atoms with Gasteiger partial charge in [-0.15, -0.1) is 11.3 Å². The number of aromatic nitrogens is 4. The highest BCUT2D eigenvalue weighted by atomic mass is 32.1. The average Bonchev–Trinajstić information content (AvgIpc) is 3.77. The molecule has 0 aliphatic rings. The molecular weight excluding hydrogens is 677 g/mol. The zero-order valence-corrected chi connectivity index (χ0v) is 30.7. The number of unbranched alkanes of at least 4 members (excludes halogenated alkanes) is 1. The van der Waals surface area contributed by atoms with Crippen LogP contribution >= 0.6 is 11.3 Å². The Kier molecular flexibility index (Phi) is 8.07. The highest BCUT2D eigenvalue weighted by Crippen LogP contribution is 2.41. The molecule has 0 radical (unpaired) electrons. The standard InChI is InChI=1S/C49H36N4S/c1-2-3-13-32-22-27-45-41(28-32)42-30-40-39-20-10-11-21-43(39)53(44(40)31-46(42)54-45)38-25-23-33(24-26-38)36-18-12-19-37(29-36)49-51-47(34-14-6-4-7-15-34)50-48(52-49)35-16-8-5-9-17-35/h4-12,14-31H,2-3,13H2,1H3. The van der Waals surface area contributed by atoms with Crippen LogP contribution in [0.5, 0.6) is 0 Å². The Morgan fingerprint density at radius 1 is 0.444 bits per heavy atom. The van der Waals surface area contributed by atoms with Crippen molar-refractivity contribution in [3.05, 3.63) is 169 Å². The fourth-order valence-corrected chi connectivity index (χ4v) is 8.78. The van der Waals surface area contributed by atoms with Gasteiger partial charge < -0.3 is 4.57 Å². The van der Waals surface area contributed by atoms with Crippen LogP contribution in [0.15, 0.2) is 164 Å². The van der Waals surface area contributed by atoms with Gasteiger partial charge in [-0.3, -0.25) is 0 Å². The molecule has 3 aromatic heterocycles. The van der Waals surface area contributed by atoms with Crippen LogP contribution in [0.2, 0.25) is 0 Å². The van der Waals surface area contributed by atoms with Crippen LogP contribution in [0, 0.1) is 0 Å². The first-order chi connectivity index (χ1) is 26.7. The summed E-state index contributed by atoms with van der Waals surface area (Å²) < 4.78 is 5.10. The van der Waals surface area contributed by atoms with Crippen LogP contribution in [0.1, 0.15) is 25.3 Å². The monoisotopic (exact) mass is 712 g/mol. The van der Waals surface area contributed by atoms with Gasteiger partial charge in [0.2, 0.25) is 0 Å². The molecule has 0 saturated heterocycles. The molecule has 3 heterocycles. The maximum Gasteiger partial charge on any atom is 0.164 e. The van der Waals surface area contributed by atoms with E-state index in [1.807, 2.05) is 72.0 Å². The van der Waals surface area contributed by atoms with Gasteiger partial charge in [-0.25, -0.2) is 15.0 Å². The SMILES string of the molecule is CCCCc1ccc2sc3cc4c(cc3c2c1)c1ccccc1n4-c1ccc(-c2cccc(-c3nc(-c4ccccc4)nc(-c4ccccc4)n3)c2)cc1. The number of nitrogens with zero attached hydrogens (tertiary/aromatic N) is 4. The van der Waals surface area contributed by atoms with Crippen LogP contribution in [-0.4, -0.2) is 19.5 Å². The predicted octanol–water partition coefficient (Wildman–Crippen LogP) is 13.3. The maximum atomic E-state index is 4.97. The van der Waals surface area contributed by atoms with E-state index in [4.69, 9.17) is 15.0 Å². The number of fused-ring (bicyclic) bond motifs is 6. The summed E-state index contributed by atoms with van der Waals surface area (Å²) in [4.78, 5) is 14.8. The number of aryl methyl sites for hydroxylation is 1. The Morgan fingerprint density at radius 3 is 1.80 bits per heavy atom. The topological polar surface area (TPSA) is 43.6 Å². The lowest BCUT2D eigenvalue weighted by atomic mass is 10.0. The second-order valence-electron chi connectivity index (χ2n) is 13.9. The van der Waals surface area contributed by atoms with Gasteiger partial charge in [0.05, 0.1) is 11.0 Å². The largest absolute Gasteiger partial charge is 0.309 e. The van der Waals surface area contributed by atoms with Crippen LogP contribution in [0.25, 0.3) is 93.0 Å². The van der Waals surface area contributed by atoms with Gasteiger partial charge in [-0.05, 0) is 78.1 Å². The average molecular weight is 713 g/mol. The number of para-hydroxylation sites is 1. The molecule has 258 valence electrons. The summed E-state index contributed by atoms with van der Waals surface area (Å²) in [6.45, 7) is 2.26. The first-order valence-corrected chi connectivity index (χ1v) is 19.5. The molecule has 0 amide bonds. The van der Waals surface area contributed by atoms with Crippen LogP contribution in [0.3, 0.4) is 0 Å².